The highest BCUT2D eigenvalue weighted by Crippen LogP contribution is 2.14. The third-order valence-electron chi connectivity index (χ3n) is 2.81. The van der Waals surface area contributed by atoms with Crippen LogP contribution in [0.25, 0.3) is 0 Å². The van der Waals surface area contributed by atoms with Crippen molar-refractivity contribution in [3.05, 3.63) is 29.8 Å². The predicted octanol–water partition coefficient (Wildman–Crippen LogP) is 2.03. The zero-order valence-electron chi connectivity index (χ0n) is 12.4. The summed E-state index contributed by atoms with van der Waals surface area (Å²) in [6, 6.07) is 7.39. The fraction of sp³-hybridized carbons (Fsp3) is 0.533. The largest absolute Gasteiger partial charge is 0.390 e. The van der Waals surface area contributed by atoms with Gasteiger partial charge in [0.2, 0.25) is 0 Å². The molecule has 1 atom stereocenters. The van der Waals surface area contributed by atoms with Gasteiger partial charge in [0.15, 0.2) is 0 Å². The van der Waals surface area contributed by atoms with Gasteiger partial charge in [0, 0.05) is 31.4 Å². The minimum Gasteiger partial charge on any atom is -0.390 e. The first kappa shape index (κ1) is 15.5. The highest BCUT2D eigenvalue weighted by atomic mass is 16.3. The van der Waals surface area contributed by atoms with E-state index in [1.54, 1.807) is 19.9 Å². The lowest BCUT2D eigenvalue weighted by atomic mass is 10.00. The zero-order valence-corrected chi connectivity index (χ0v) is 12.4. The van der Waals surface area contributed by atoms with E-state index in [1.165, 1.54) is 0 Å². The van der Waals surface area contributed by atoms with Crippen molar-refractivity contribution >= 4 is 11.6 Å². The first-order valence-electron chi connectivity index (χ1n) is 6.49. The molecule has 1 unspecified atom stereocenters. The highest BCUT2D eigenvalue weighted by Gasteiger charge is 2.19. The molecule has 0 bridgehead atoms. The van der Waals surface area contributed by atoms with Gasteiger partial charge in [-0.1, -0.05) is 6.07 Å². The van der Waals surface area contributed by atoms with Crippen LogP contribution in [-0.2, 0) is 0 Å². The van der Waals surface area contributed by atoms with E-state index in [0.717, 1.165) is 5.69 Å². The molecule has 0 aliphatic carbocycles. The van der Waals surface area contributed by atoms with Gasteiger partial charge in [-0.25, -0.2) is 0 Å². The van der Waals surface area contributed by atoms with Crippen molar-refractivity contribution < 1.29 is 9.90 Å². The monoisotopic (exact) mass is 264 g/mol. The van der Waals surface area contributed by atoms with Crippen LogP contribution in [-0.4, -0.2) is 36.8 Å². The Morgan fingerprint density at radius 2 is 2.05 bits per heavy atom. The maximum absolute atomic E-state index is 12.1. The van der Waals surface area contributed by atoms with Crippen LogP contribution in [0.3, 0.4) is 0 Å². The summed E-state index contributed by atoms with van der Waals surface area (Å²) in [4.78, 5) is 14.1. The van der Waals surface area contributed by atoms with Crippen molar-refractivity contribution in [1.82, 2.24) is 5.32 Å². The fourth-order valence-corrected chi connectivity index (χ4v) is 2.03. The van der Waals surface area contributed by atoms with E-state index in [0.29, 0.717) is 12.0 Å². The van der Waals surface area contributed by atoms with Gasteiger partial charge >= 0.3 is 0 Å². The second-order valence-electron chi connectivity index (χ2n) is 5.84. The van der Waals surface area contributed by atoms with Gasteiger partial charge in [-0.2, -0.15) is 0 Å². The first-order chi connectivity index (χ1) is 8.69. The summed E-state index contributed by atoms with van der Waals surface area (Å²) in [5, 5.41) is 12.6. The molecular weight excluding hydrogens is 240 g/mol. The summed E-state index contributed by atoms with van der Waals surface area (Å²) < 4.78 is 0. The van der Waals surface area contributed by atoms with Gasteiger partial charge in [0.05, 0.1) is 5.60 Å². The SMILES string of the molecule is CC(CC(C)(C)O)NC(=O)c1cccc(N(C)C)c1. The lowest BCUT2D eigenvalue weighted by Gasteiger charge is -2.23. The van der Waals surface area contributed by atoms with Crippen molar-refractivity contribution in [3.63, 3.8) is 0 Å². The van der Waals surface area contributed by atoms with Crippen molar-refractivity contribution in [3.8, 4) is 0 Å². The highest BCUT2D eigenvalue weighted by molar-refractivity contribution is 5.95. The summed E-state index contributed by atoms with van der Waals surface area (Å²) >= 11 is 0. The topological polar surface area (TPSA) is 52.6 Å². The van der Waals surface area contributed by atoms with E-state index in [9.17, 15) is 9.90 Å². The third-order valence-corrected chi connectivity index (χ3v) is 2.81. The molecule has 0 aliphatic rings. The molecule has 1 aromatic carbocycles. The fourth-order valence-electron chi connectivity index (χ4n) is 2.03. The number of aliphatic hydroxyl groups is 1. The molecule has 0 aliphatic heterocycles. The number of carbonyl (C=O) groups excluding carboxylic acids is 1. The predicted molar refractivity (Wildman–Crippen MR) is 78.6 cm³/mol. The smallest absolute Gasteiger partial charge is 0.251 e. The van der Waals surface area contributed by atoms with Crippen LogP contribution in [0, 0.1) is 0 Å². The van der Waals surface area contributed by atoms with E-state index >= 15 is 0 Å². The summed E-state index contributed by atoms with van der Waals surface area (Å²) in [6.45, 7) is 5.37. The molecule has 106 valence electrons. The van der Waals surface area contributed by atoms with E-state index in [2.05, 4.69) is 5.32 Å². The Kier molecular flexibility index (Phi) is 4.95. The molecule has 0 saturated carbocycles. The lowest BCUT2D eigenvalue weighted by Crippen LogP contribution is -2.38. The Labute approximate surface area is 115 Å². The molecule has 0 saturated heterocycles. The molecule has 4 heteroatoms. The quantitative estimate of drug-likeness (QED) is 0.855. The van der Waals surface area contributed by atoms with E-state index < -0.39 is 5.60 Å². The van der Waals surface area contributed by atoms with E-state index in [4.69, 9.17) is 0 Å². The minimum absolute atomic E-state index is 0.0736. The molecule has 2 N–H and O–H groups in total. The minimum atomic E-state index is -0.780. The van der Waals surface area contributed by atoms with Crippen LogP contribution in [0.1, 0.15) is 37.6 Å². The van der Waals surface area contributed by atoms with Crippen LogP contribution in [0.2, 0.25) is 0 Å². The molecule has 0 fully saturated rings. The standard InChI is InChI=1S/C15H24N2O2/c1-11(10-15(2,3)19)16-14(18)12-7-6-8-13(9-12)17(4)5/h6-9,11,19H,10H2,1-5H3,(H,16,18). The Bertz CT molecular complexity index is 436. The average molecular weight is 264 g/mol. The maximum Gasteiger partial charge on any atom is 0.251 e. The van der Waals surface area contributed by atoms with E-state index in [1.807, 2.05) is 44.1 Å². The number of amides is 1. The average Bonchev–Trinajstić information content (AvgIpc) is 2.26. The molecule has 1 aromatic rings. The number of benzene rings is 1. The summed E-state index contributed by atoms with van der Waals surface area (Å²) in [5.74, 6) is -0.111. The van der Waals surface area contributed by atoms with Crippen molar-refractivity contribution in [2.75, 3.05) is 19.0 Å². The van der Waals surface area contributed by atoms with Gasteiger partial charge in [-0.05, 0) is 45.4 Å². The van der Waals surface area contributed by atoms with Crippen LogP contribution in [0.4, 0.5) is 5.69 Å². The van der Waals surface area contributed by atoms with Gasteiger partial charge < -0.3 is 15.3 Å². The molecule has 4 nitrogen and oxygen atoms in total. The summed E-state index contributed by atoms with van der Waals surface area (Å²) in [5.41, 5.74) is 0.842. The number of hydrogen-bond acceptors (Lipinski definition) is 3. The molecule has 1 amide bonds. The number of nitrogens with one attached hydrogen (secondary N) is 1. The molecule has 0 heterocycles. The summed E-state index contributed by atoms with van der Waals surface area (Å²) in [6.07, 6.45) is 0.520. The van der Waals surface area contributed by atoms with Crippen molar-refractivity contribution in [2.24, 2.45) is 0 Å². The zero-order chi connectivity index (χ0) is 14.6. The molecular formula is C15H24N2O2. The number of hydrogen-bond donors (Lipinski definition) is 2. The number of nitrogens with zero attached hydrogens (tertiary/aromatic N) is 1. The Hall–Kier alpha value is -1.55. The Morgan fingerprint density at radius 1 is 1.42 bits per heavy atom. The number of carbonyl (C=O) groups is 1. The molecule has 0 aromatic heterocycles. The third kappa shape index (κ3) is 5.30. The number of anilines is 1. The molecule has 0 radical (unpaired) electrons. The van der Waals surface area contributed by atoms with Gasteiger partial charge in [-0.15, -0.1) is 0 Å². The first-order valence-corrected chi connectivity index (χ1v) is 6.49. The molecule has 0 spiro atoms. The van der Waals surface area contributed by atoms with Crippen LogP contribution in [0.5, 0.6) is 0 Å². The molecule has 19 heavy (non-hydrogen) atoms. The van der Waals surface area contributed by atoms with Crippen LogP contribution in [0.15, 0.2) is 24.3 Å². The summed E-state index contributed by atoms with van der Waals surface area (Å²) in [7, 11) is 3.88. The van der Waals surface area contributed by atoms with E-state index in [-0.39, 0.29) is 11.9 Å². The second-order valence-corrected chi connectivity index (χ2v) is 5.84. The number of rotatable bonds is 5. The van der Waals surface area contributed by atoms with Gasteiger partial charge in [-0.3, -0.25) is 4.79 Å². The van der Waals surface area contributed by atoms with Crippen molar-refractivity contribution in [1.29, 1.82) is 0 Å². The Morgan fingerprint density at radius 3 is 2.58 bits per heavy atom. The maximum atomic E-state index is 12.1. The van der Waals surface area contributed by atoms with Gasteiger partial charge in [0.25, 0.3) is 5.91 Å². The van der Waals surface area contributed by atoms with Gasteiger partial charge in [0.1, 0.15) is 0 Å². The second kappa shape index (κ2) is 6.06. The van der Waals surface area contributed by atoms with Crippen molar-refractivity contribution in [2.45, 2.75) is 38.8 Å². The normalized spacial score (nSPS) is 12.9. The Balaban J connectivity index is 2.70. The van der Waals surface area contributed by atoms with Crippen LogP contribution >= 0.6 is 0 Å². The lowest BCUT2D eigenvalue weighted by molar-refractivity contribution is 0.0593. The van der Waals surface area contributed by atoms with Crippen LogP contribution < -0.4 is 10.2 Å². The molecule has 1 rings (SSSR count).